The molecule has 1 amide bonds. The van der Waals surface area contributed by atoms with E-state index in [4.69, 9.17) is 5.11 Å². The van der Waals surface area contributed by atoms with Crippen LogP contribution in [-0.4, -0.2) is 38.2 Å². The Labute approximate surface area is 108 Å². The van der Waals surface area contributed by atoms with E-state index in [0.717, 1.165) is 17.1 Å². The summed E-state index contributed by atoms with van der Waals surface area (Å²) >= 11 is 0. The molecule has 1 atom stereocenters. The summed E-state index contributed by atoms with van der Waals surface area (Å²) in [5, 5.41) is 25.3. The van der Waals surface area contributed by atoms with Crippen LogP contribution in [0.25, 0.3) is 0 Å². The number of hydrogen-bond donors (Lipinski definition) is 2. The highest BCUT2D eigenvalue weighted by Crippen LogP contribution is 2.07. The molecule has 0 aliphatic rings. The molecule has 0 bridgehead atoms. The highest BCUT2D eigenvalue weighted by molar-refractivity contribution is 5.77. The van der Waals surface area contributed by atoms with Crippen LogP contribution in [0.4, 0.5) is 5.69 Å². The molecule has 0 radical (unpaired) electrons. The number of nitro groups is 1. The Hall–Kier alpha value is -2.45. The highest BCUT2D eigenvalue weighted by atomic mass is 16.6. The first-order valence-electron chi connectivity index (χ1n) is 5.60. The normalized spacial score (nSPS) is 11.8. The number of carbonyl (C=O) groups is 2. The molecule has 0 saturated carbocycles. The molecule has 19 heavy (non-hydrogen) atoms. The summed E-state index contributed by atoms with van der Waals surface area (Å²) in [5.41, 5.74) is -0.204. The summed E-state index contributed by atoms with van der Waals surface area (Å²) in [6.45, 7) is 1.54. The second-order valence-corrected chi connectivity index (χ2v) is 3.90. The maximum absolute atomic E-state index is 11.5. The number of hydrogen-bond acceptors (Lipinski definition) is 5. The molecule has 1 unspecified atom stereocenters. The first-order valence-corrected chi connectivity index (χ1v) is 5.60. The SMILES string of the molecule is CCC(CNC(=O)Cn1cc([N+](=O)[O-])cn1)C(=O)O. The number of aliphatic carboxylic acids is 1. The molecule has 0 aromatic carbocycles. The summed E-state index contributed by atoms with van der Waals surface area (Å²) in [7, 11) is 0. The van der Waals surface area contributed by atoms with E-state index in [1.54, 1.807) is 6.92 Å². The lowest BCUT2D eigenvalue weighted by molar-refractivity contribution is -0.385. The maximum atomic E-state index is 11.5. The molecule has 104 valence electrons. The van der Waals surface area contributed by atoms with Gasteiger partial charge in [-0.25, -0.2) is 0 Å². The second kappa shape index (κ2) is 6.47. The Morgan fingerprint density at radius 1 is 1.63 bits per heavy atom. The first kappa shape index (κ1) is 14.6. The Morgan fingerprint density at radius 3 is 2.79 bits per heavy atom. The van der Waals surface area contributed by atoms with Gasteiger partial charge in [0.25, 0.3) is 0 Å². The molecule has 1 aromatic rings. The van der Waals surface area contributed by atoms with Crippen LogP contribution in [0.2, 0.25) is 0 Å². The van der Waals surface area contributed by atoms with E-state index in [1.165, 1.54) is 0 Å². The number of aromatic nitrogens is 2. The van der Waals surface area contributed by atoms with Crippen molar-refractivity contribution >= 4 is 17.6 Å². The average Bonchev–Trinajstić information content (AvgIpc) is 2.78. The van der Waals surface area contributed by atoms with E-state index in [9.17, 15) is 19.7 Å². The smallest absolute Gasteiger partial charge is 0.308 e. The zero-order valence-corrected chi connectivity index (χ0v) is 10.3. The van der Waals surface area contributed by atoms with Crippen molar-refractivity contribution in [3.05, 3.63) is 22.5 Å². The Kier molecular flexibility index (Phi) is 4.98. The molecule has 2 N–H and O–H groups in total. The fraction of sp³-hybridized carbons (Fsp3) is 0.500. The van der Waals surface area contributed by atoms with Crippen molar-refractivity contribution in [1.29, 1.82) is 0 Å². The molecule has 1 aromatic heterocycles. The zero-order chi connectivity index (χ0) is 14.4. The minimum Gasteiger partial charge on any atom is -0.481 e. The molecule has 9 heteroatoms. The van der Waals surface area contributed by atoms with Crippen molar-refractivity contribution in [1.82, 2.24) is 15.1 Å². The van der Waals surface area contributed by atoms with Gasteiger partial charge in [0, 0.05) is 6.54 Å². The Bertz CT molecular complexity index is 484. The molecule has 0 fully saturated rings. The van der Waals surface area contributed by atoms with Crippen LogP contribution in [0, 0.1) is 16.0 Å². The van der Waals surface area contributed by atoms with Crippen LogP contribution in [0.3, 0.4) is 0 Å². The van der Waals surface area contributed by atoms with E-state index in [1.807, 2.05) is 0 Å². The molecule has 0 saturated heterocycles. The minimum absolute atomic E-state index is 0.0219. The summed E-state index contributed by atoms with van der Waals surface area (Å²) < 4.78 is 1.12. The van der Waals surface area contributed by atoms with Gasteiger partial charge in [-0.05, 0) is 6.42 Å². The topological polar surface area (TPSA) is 127 Å². The predicted octanol–water partition coefficient (Wildman–Crippen LogP) is 0.0183. The van der Waals surface area contributed by atoms with Gasteiger partial charge < -0.3 is 10.4 Å². The van der Waals surface area contributed by atoms with Gasteiger partial charge in [0.2, 0.25) is 5.91 Å². The maximum Gasteiger partial charge on any atom is 0.308 e. The lowest BCUT2D eigenvalue weighted by Crippen LogP contribution is -2.34. The van der Waals surface area contributed by atoms with Crippen molar-refractivity contribution in [2.75, 3.05) is 6.54 Å². The lowest BCUT2D eigenvalue weighted by Gasteiger charge is -2.10. The van der Waals surface area contributed by atoms with Crippen molar-refractivity contribution in [2.45, 2.75) is 19.9 Å². The van der Waals surface area contributed by atoms with Gasteiger partial charge in [-0.3, -0.25) is 24.4 Å². The molecule has 9 nitrogen and oxygen atoms in total. The first-order chi connectivity index (χ1) is 8.93. The minimum atomic E-state index is -0.975. The monoisotopic (exact) mass is 270 g/mol. The quantitative estimate of drug-likeness (QED) is 0.531. The van der Waals surface area contributed by atoms with Crippen LogP contribution in [0.1, 0.15) is 13.3 Å². The number of carbonyl (C=O) groups excluding carboxylic acids is 1. The van der Waals surface area contributed by atoms with Gasteiger partial charge >= 0.3 is 11.7 Å². The molecule has 1 rings (SSSR count). The van der Waals surface area contributed by atoms with Crippen LogP contribution < -0.4 is 5.32 Å². The third-order valence-electron chi connectivity index (χ3n) is 2.52. The Balaban J connectivity index is 2.46. The van der Waals surface area contributed by atoms with Crippen LogP contribution in [-0.2, 0) is 16.1 Å². The van der Waals surface area contributed by atoms with Crippen molar-refractivity contribution in [3.8, 4) is 0 Å². The largest absolute Gasteiger partial charge is 0.481 e. The fourth-order valence-corrected chi connectivity index (χ4v) is 1.38. The summed E-state index contributed by atoms with van der Waals surface area (Å²) in [6, 6.07) is 0. The third kappa shape index (κ3) is 4.37. The Morgan fingerprint density at radius 2 is 2.32 bits per heavy atom. The number of carboxylic acid groups (broad SMARTS) is 1. The molecule has 0 spiro atoms. The van der Waals surface area contributed by atoms with Crippen molar-refractivity contribution < 1.29 is 19.6 Å². The van der Waals surface area contributed by atoms with Crippen LogP contribution in [0.5, 0.6) is 0 Å². The van der Waals surface area contributed by atoms with Gasteiger partial charge in [-0.15, -0.1) is 0 Å². The van der Waals surface area contributed by atoms with Crippen molar-refractivity contribution in [2.24, 2.45) is 5.92 Å². The summed E-state index contributed by atoms with van der Waals surface area (Å²) in [4.78, 5) is 32.0. The van der Waals surface area contributed by atoms with Gasteiger partial charge in [0.1, 0.15) is 18.9 Å². The van der Waals surface area contributed by atoms with E-state index in [2.05, 4.69) is 10.4 Å². The zero-order valence-electron chi connectivity index (χ0n) is 10.3. The molecule has 0 aliphatic heterocycles. The second-order valence-electron chi connectivity index (χ2n) is 3.90. The van der Waals surface area contributed by atoms with E-state index in [-0.39, 0.29) is 18.8 Å². The number of carboxylic acids is 1. The van der Waals surface area contributed by atoms with Gasteiger partial charge in [0.15, 0.2) is 0 Å². The van der Waals surface area contributed by atoms with E-state index >= 15 is 0 Å². The van der Waals surface area contributed by atoms with Gasteiger partial charge in [0.05, 0.1) is 10.8 Å². The standard InChI is InChI=1S/C10H14N4O5/c1-2-7(10(16)17)3-11-9(15)6-13-5-8(4-12-13)14(18)19/h4-5,7H,2-3,6H2,1H3,(H,11,15)(H,16,17). The van der Waals surface area contributed by atoms with Gasteiger partial charge in [-0.2, -0.15) is 5.10 Å². The fourth-order valence-electron chi connectivity index (χ4n) is 1.38. The van der Waals surface area contributed by atoms with Crippen molar-refractivity contribution in [3.63, 3.8) is 0 Å². The van der Waals surface area contributed by atoms with Crippen LogP contribution in [0.15, 0.2) is 12.4 Å². The number of nitrogens with one attached hydrogen (secondary N) is 1. The predicted molar refractivity (Wildman–Crippen MR) is 63.3 cm³/mol. The molecular formula is C10H14N4O5. The third-order valence-corrected chi connectivity index (χ3v) is 2.52. The van der Waals surface area contributed by atoms with Gasteiger partial charge in [-0.1, -0.05) is 6.92 Å². The van der Waals surface area contributed by atoms with E-state index < -0.39 is 22.7 Å². The highest BCUT2D eigenvalue weighted by Gasteiger charge is 2.16. The van der Waals surface area contributed by atoms with Crippen LogP contribution >= 0.6 is 0 Å². The number of amides is 1. The van der Waals surface area contributed by atoms with E-state index in [0.29, 0.717) is 6.42 Å². The molecule has 1 heterocycles. The number of nitrogens with zero attached hydrogens (tertiary/aromatic N) is 3. The summed E-state index contributed by atoms with van der Waals surface area (Å²) in [6.07, 6.45) is 2.58. The average molecular weight is 270 g/mol. The molecular weight excluding hydrogens is 256 g/mol. The summed E-state index contributed by atoms with van der Waals surface area (Å²) in [5.74, 6) is -2.06. The number of rotatable bonds is 7. The lowest BCUT2D eigenvalue weighted by atomic mass is 10.1. The molecule has 0 aliphatic carbocycles.